The van der Waals surface area contributed by atoms with Crippen LogP contribution in [0.25, 0.3) is 0 Å². The summed E-state index contributed by atoms with van der Waals surface area (Å²) in [5.41, 5.74) is 4.13. The Balaban J connectivity index is 1.66. The van der Waals surface area contributed by atoms with Crippen molar-refractivity contribution in [3.8, 4) is 5.75 Å². The summed E-state index contributed by atoms with van der Waals surface area (Å²) in [5.74, 6) is -0.264. The van der Waals surface area contributed by atoms with E-state index in [1.165, 1.54) is 6.21 Å². The smallest absolute Gasteiger partial charge is 0.271 e. The van der Waals surface area contributed by atoms with Crippen LogP contribution in [0.5, 0.6) is 5.75 Å². The lowest BCUT2D eigenvalue weighted by Gasteiger charge is -2.12. The summed E-state index contributed by atoms with van der Waals surface area (Å²) in [5, 5.41) is 7.31. The van der Waals surface area contributed by atoms with Crippen molar-refractivity contribution >= 4 is 67.2 Å². The van der Waals surface area contributed by atoms with Crippen LogP contribution >= 0.6 is 43.5 Å². The van der Waals surface area contributed by atoms with Gasteiger partial charge in [-0.1, -0.05) is 45.7 Å². The van der Waals surface area contributed by atoms with Crippen LogP contribution in [0.3, 0.4) is 0 Å². The molecule has 0 spiro atoms. The lowest BCUT2D eigenvalue weighted by Crippen LogP contribution is -2.21. The highest BCUT2D eigenvalue weighted by Crippen LogP contribution is 2.32. The SMILES string of the molecule is O=C(COc1c(Br)cc(Br)cc1/C=N/NC(=O)c1ccccc1)Nc1ccc(Cl)cc1. The third-order valence-electron chi connectivity index (χ3n) is 3.92. The van der Waals surface area contributed by atoms with Gasteiger partial charge in [-0.25, -0.2) is 5.43 Å². The summed E-state index contributed by atoms with van der Waals surface area (Å²) in [4.78, 5) is 24.4. The lowest BCUT2D eigenvalue weighted by molar-refractivity contribution is -0.118. The Morgan fingerprint density at radius 2 is 1.74 bits per heavy atom. The van der Waals surface area contributed by atoms with Crippen molar-refractivity contribution in [2.45, 2.75) is 0 Å². The first-order chi connectivity index (χ1) is 14.9. The zero-order valence-electron chi connectivity index (χ0n) is 15.9. The molecule has 158 valence electrons. The van der Waals surface area contributed by atoms with Crippen molar-refractivity contribution in [2.24, 2.45) is 5.10 Å². The molecular weight excluding hydrogens is 550 g/mol. The Bertz CT molecular complexity index is 1110. The first kappa shape index (κ1) is 23.0. The van der Waals surface area contributed by atoms with Crippen LogP contribution in [0, 0.1) is 0 Å². The van der Waals surface area contributed by atoms with Gasteiger partial charge in [0.05, 0.1) is 10.7 Å². The summed E-state index contributed by atoms with van der Waals surface area (Å²) in [6.07, 6.45) is 1.45. The van der Waals surface area contributed by atoms with E-state index in [4.69, 9.17) is 16.3 Å². The molecule has 0 bridgehead atoms. The second kappa shape index (κ2) is 11.1. The number of hydrazone groups is 1. The van der Waals surface area contributed by atoms with E-state index in [9.17, 15) is 9.59 Å². The van der Waals surface area contributed by atoms with Gasteiger partial charge in [0.15, 0.2) is 6.61 Å². The molecule has 0 heterocycles. The van der Waals surface area contributed by atoms with Crippen molar-refractivity contribution in [1.82, 2.24) is 5.43 Å². The average molecular weight is 566 g/mol. The molecule has 0 aromatic heterocycles. The molecular formula is C22H16Br2ClN3O3. The highest BCUT2D eigenvalue weighted by atomic mass is 79.9. The predicted octanol–water partition coefficient (Wildman–Crippen LogP) is 5.65. The van der Waals surface area contributed by atoms with Crippen LogP contribution in [0.15, 0.2) is 80.8 Å². The quantitative estimate of drug-likeness (QED) is 0.287. The van der Waals surface area contributed by atoms with E-state index in [1.54, 1.807) is 60.7 Å². The zero-order valence-corrected chi connectivity index (χ0v) is 19.9. The van der Waals surface area contributed by atoms with Crippen molar-refractivity contribution in [1.29, 1.82) is 0 Å². The van der Waals surface area contributed by atoms with Crippen LogP contribution in [-0.4, -0.2) is 24.6 Å². The molecule has 0 aliphatic rings. The second-order valence-corrected chi connectivity index (χ2v) is 8.42. The van der Waals surface area contributed by atoms with Crippen LogP contribution in [0.1, 0.15) is 15.9 Å². The van der Waals surface area contributed by atoms with E-state index < -0.39 is 0 Å². The van der Waals surface area contributed by atoms with E-state index >= 15 is 0 Å². The fraction of sp³-hybridized carbons (Fsp3) is 0.0455. The topological polar surface area (TPSA) is 79.8 Å². The number of anilines is 1. The summed E-state index contributed by atoms with van der Waals surface area (Å²) in [6.45, 7) is -0.222. The molecule has 0 aliphatic heterocycles. The number of ether oxygens (including phenoxy) is 1. The summed E-state index contributed by atoms with van der Waals surface area (Å²) in [7, 11) is 0. The first-order valence-electron chi connectivity index (χ1n) is 8.98. The molecule has 3 aromatic rings. The minimum Gasteiger partial charge on any atom is -0.482 e. The number of hydrogen-bond donors (Lipinski definition) is 2. The van der Waals surface area contributed by atoms with Gasteiger partial charge in [0.2, 0.25) is 0 Å². The van der Waals surface area contributed by atoms with E-state index in [1.807, 2.05) is 6.07 Å². The molecule has 3 rings (SSSR count). The van der Waals surface area contributed by atoms with E-state index in [-0.39, 0.29) is 18.4 Å². The number of rotatable bonds is 7. The predicted molar refractivity (Wildman–Crippen MR) is 129 cm³/mol. The van der Waals surface area contributed by atoms with Gasteiger partial charge in [-0.15, -0.1) is 0 Å². The van der Waals surface area contributed by atoms with Gasteiger partial charge in [0.1, 0.15) is 5.75 Å². The van der Waals surface area contributed by atoms with Crippen LogP contribution in [0.4, 0.5) is 5.69 Å². The van der Waals surface area contributed by atoms with Gasteiger partial charge in [0.25, 0.3) is 11.8 Å². The van der Waals surface area contributed by atoms with Crippen LogP contribution < -0.4 is 15.5 Å². The molecule has 0 atom stereocenters. The normalized spacial score (nSPS) is 10.7. The zero-order chi connectivity index (χ0) is 22.2. The Kier molecular flexibility index (Phi) is 8.22. The van der Waals surface area contributed by atoms with Crippen LogP contribution in [-0.2, 0) is 4.79 Å². The van der Waals surface area contributed by atoms with Crippen molar-refractivity contribution < 1.29 is 14.3 Å². The molecule has 0 fully saturated rings. The average Bonchev–Trinajstić information content (AvgIpc) is 2.75. The third kappa shape index (κ3) is 6.92. The van der Waals surface area contributed by atoms with Crippen LogP contribution in [0.2, 0.25) is 5.02 Å². The molecule has 0 aliphatic carbocycles. The lowest BCUT2D eigenvalue weighted by atomic mass is 10.2. The first-order valence-corrected chi connectivity index (χ1v) is 10.9. The van der Waals surface area contributed by atoms with E-state index in [2.05, 4.69) is 47.7 Å². The Labute approximate surface area is 200 Å². The highest BCUT2D eigenvalue weighted by molar-refractivity contribution is 9.11. The monoisotopic (exact) mass is 563 g/mol. The minimum absolute atomic E-state index is 0.222. The molecule has 0 radical (unpaired) electrons. The maximum absolute atomic E-state index is 12.2. The van der Waals surface area contributed by atoms with Gasteiger partial charge in [-0.05, 0) is 64.5 Å². The van der Waals surface area contributed by atoms with Crippen molar-refractivity contribution in [3.63, 3.8) is 0 Å². The van der Waals surface area contributed by atoms with Gasteiger partial charge >= 0.3 is 0 Å². The standard InChI is InChI=1S/C22H16Br2ClN3O3/c23-16-10-15(12-26-28-22(30)14-4-2-1-3-5-14)21(19(24)11-16)31-13-20(29)27-18-8-6-17(25)7-9-18/h1-12H,13H2,(H,27,29)(H,28,30)/b26-12+. The Hall–Kier alpha value is -2.68. The van der Waals surface area contributed by atoms with Gasteiger partial charge in [-0.2, -0.15) is 5.10 Å². The number of carbonyl (C=O) groups excluding carboxylic acids is 2. The summed E-state index contributed by atoms with van der Waals surface area (Å²) < 4.78 is 7.11. The molecule has 9 heteroatoms. The molecule has 3 aromatic carbocycles. The maximum Gasteiger partial charge on any atom is 0.271 e. The van der Waals surface area contributed by atoms with Gasteiger partial charge in [0, 0.05) is 26.3 Å². The molecule has 0 saturated carbocycles. The maximum atomic E-state index is 12.2. The molecule has 2 N–H and O–H groups in total. The Morgan fingerprint density at radius 3 is 2.45 bits per heavy atom. The number of halogens is 3. The number of amides is 2. The van der Waals surface area contributed by atoms with E-state index in [0.717, 1.165) is 4.47 Å². The summed E-state index contributed by atoms with van der Waals surface area (Å²) >= 11 is 12.7. The largest absolute Gasteiger partial charge is 0.482 e. The second-order valence-electron chi connectivity index (χ2n) is 6.21. The Morgan fingerprint density at radius 1 is 1.03 bits per heavy atom. The number of hydrogen-bond acceptors (Lipinski definition) is 4. The molecule has 2 amide bonds. The molecule has 6 nitrogen and oxygen atoms in total. The fourth-order valence-corrected chi connectivity index (χ4v) is 4.01. The molecule has 0 unspecified atom stereocenters. The van der Waals surface area contributed by atoms with Crippen molar-refractivity contribution in [3.05, 3.63) is 91.8 Å². The number of carbonyl (C=O) groups is 2. The summed E-state index contributed by atoms with van der Waals surface area (Å²) in [6, 6.07) is 19.0. The fourth-order valence-electron chi connectivity index (χ4n) is 2.51. The van der Waals surface area contributed by atoms with Gasteiger partial charge in [-0.3, -0.25) is 9.59 Å². The van der Waals surface area contributed by atoms with Gasteiger partial charge < -0.3 is 10.1 Å². The number of nitrogens with zero attached hydrogens (tertiary/aromatic N) is 1. The minimum atomic E-state index is -0.337. The number of nitrogens with one attached hydrogen (secondary N) is 2. The molecule has 0 saturated heterocycles. The molecule has 31 heavy (non-hydrogen) atoms. The van der Waals surface area contributed by atoms with Crippen molar-refractivity contribution in [2.75, 3.05) is 11.9 Å². The van der Waals surface area contributed by atoms with E-state index in [0.29, 0.717) is 32.1 Å². The third-order valence-corrected chi connectivity index (χ3v) is 5.22. The highest BCUT2D eigenvalue weighted by Gasteiger charge is 2.12. The number of benzene rings is 3.